The molecule has 0 heterocycles. The Morgan fingerprint density at radius 3 is 2.67 bits per heavy atom. The number of hydrogen-bond donors (Lipinski definition) is 1. The number of hydrogen-bond acceptors (Lipinski definition) is 6. The summed E-state index contributed by atoms with van der Waals surface area (Å²) in [5.41, 5.74) is 0.315. The van der Waals surface area contributed by atoms with Gasteiger partial charge < -0.3 is 19.5 Å². The van der Waals surface area contributed by atoms with Crippen molar-refractivity contribution in [1.29, 1.82) is 0 Å². The van der Waals surface area contributed by atoms with Crippen LogP contribution in [0.2, 0.25) is 0 Å². The molecule has 1 aromatic carbocycles. The van der Waals surface area contributed by atoms with E-state index in [-0.39, 0.29) is 20.7 Å². The van der Waals surface area contributed by atoms with Crippen LogP contribution in [0.4, 0.5) is 4.79 Å². The summed E-state index contributed by atoms with van der Waals surface area (Å²) in [6.07, 6.45) is -0.949. The van der Waals surface area contributed by atoms with Crippen LogP contribution in [0.1, 0.15) is 8.35 Å². The molecule has 1 aromatic rings. The highest BCUT2D eigenvalue weighted by Gasteiger charge is 2.15. The fraction of sp³-hybridized carbons (Fsp3) is 0.412. The standard InChI is InChI=1S/C17H23NO5S.H2/c1-13(2)16(19)22-10-9-18-17(20)23-14(11-21-3)12-24-15-7-5-4-6-8-15;/h4-8,14H,1,9-12H2,2-3H3,(H,18,20);1H. The van der Waals surface area contributed by atoms with E-state index in [1.807, 2.05) is 30.3 Å². The number of alkyl carbamates (subject to hydrolysis) is 1. The molecule has 0 saturated heterocycles. The summed E-state index contributed by atoms with van der Waals surface area (Å²) < 4.78 is 15.3. The summed E-state index contributed by atoms with van der Waals surface area (Å²) in [6, 6.07) is 9.83. The summed E-state index contributed by atoms with van der Waals surface area (Å²) in [6.45, 7) is 5.57. The van der Waals surface area contributed by atoms with Gasteiger partial charge in [0.1, 0.15) is 12.7 Å². The van der Waals surface area contributed by atoms with Gasteiger partial charge in [-0.15, -0.1) is 11.8 Å². The van der Waals surface area contributed by atoms with Crippen molar-refractivity contribution < 1.29 is 25.2 Å². The molecule has 0 radical (unpaired) electrons. The lowest BCUT2D eigenvalue weighted by Gasteiger charge is -2.17. The second-order valence-electron chi connectivity index (χ2n) is 4.95. The second-order valence-corrected chi connectivity index (χ2v) is 6.04. The van der Waals surface area contributed by atoms with Gasteiger partial charge in [0.05, 0.1) is 13.2 Å². The maximum absolute atomic E-state index is 11.8. The molecule has 7 heteroatoms. The smallest absolute Gasteiger partial charge is 0.407 e. The maximum Gasteiger partial charge on any atom is 0.407 e. The van der Waals surface area contributed by atoms with Crippen LogP contribution in [-0.4, -0.2) is 50.8 Å². The maximum atomic E-state index is 11.8. The zero-order chi connectivity index (χ0) is 17.8. The summed E-state index contributed by atoms with van der Waals surface area (Å²) in [5, 5.41) is 2.53. The average molecular weight is 355 g/mol. The van der Waals surface area contributed by atoms with Crippen molar-refractivity contribution in [2.75, 3.05) is 32.6 Å². The van der Waals surface area contributed by atoms with E-state index in [0.717, 1.165) is 4.90 Å². The first-order valence-electron chi connectivity index (χ1n) is 7.46. The molecule has 1 atom stereocenters. The lowest BCUT2D eigenvalue weighted by Crippen LogP contribution is -2.34. The van der Waals surface area contributed by atoms with Gasteiger partial charge >= 0.3 is 12.1 Å². The summed E-state index contributed by atoms with van der Waals surface area (Å²) >= 11 is 1.58. The minimum absolute atomic E-state index is 0. The molecule has 134 valence electrons. The fourth-order valence-electron chi connectivity index (χ4n) is 1.62. The van der Waals surface area contributed by atoms with Crippen LogP contribution in [0.3, 0.4) is 0 Å². The topological polar surface area (TPSA) is 73.9 Å². The number of ether oxygens (including phenoxy) is 3. The van der Waals surface area contributed by atoms with E-state index in [9.17, 15) is 9.59 Å². The monoisotopic (exact) mass is 355 g/mol. The number of amides is 1. The van der Waals surface area contributed by atoms with Gasteiger partial charge in [-0.2, -0.15) is 0 Å². The van der Waals surface area contributed by atoms with Gasteiger partial charge in [-0.3, -0.25) is 0 Å². The van der Waals surface area contributed by atoms with Crippen LogP contribution in [0, 0.1) is 0 Å². The molecule has 24 heavy (non-hydrogen) atoms. The highest BCUT2D eigenvalue weighted by molar-refractivity contribution is 7.99. The first-order chi connectivity index (χ1) is 11.5. The third kappa shape index (κ3) is 8.59. The zero-order valence-corrected chi connectivity index (χ0v) is 14.8. The van der Waals surface area contributed by atoms with Gasteiger partial charge in [0.15, 0.2) is 0 Å². The SMILES string of the molecule is C=C(C)C(=O)OCCNC(=O)OC(COC)CSc1ccccc1.[HH]. The normalized spacial score (nSPS) is 11.4. The number of rotatable bonds is 10. The Morgan fingerprint density at radius 1 is 1.33 bits per heavy atom. The van der Waals surface area contributed by atoms with E-state index in [1.165, 1.54) is 0 Å². The summed E-state index contributed by atoms with van der Waals surface area (Å²) in [5.74, 6) is 0.0947. The highest BCUT2D eigenvalue weighted by atomic mass is 32.2. The van der Waals surface area contributed by atoms with Crippen molar-refractivity contribution >= 4 is 23.8 Å². The van der Waals surface area contributed by atoms with Gasteiger partial charge in [-0.05, 0) is 19.1 Å². The molecule has 0 fully saturated rings. The van der Waals surface area contributed by atoms with E-state index < -0.39 is 12.1 Å². The fourth-order valence-corrected chi connectivity index (χ4v) is 2.51. The minimum atomic E-state index is -0.572. The summed E-state index contributed by atoms with van der Waals surface area (Å²) in [7, 11) is 1.55. The Labute approximate surface area is 148 Å². The molecule has 1 unspecified atom stereocenters. The Balaban J connectivity index is 0.00000576. The zero-order valence-electron chi connectivity index (χ0n) is 13.9. The van der Waals surface area contributed by atoms with E-state index in [4.69, 9.17) is 14.2 Å². The van der Waals surface area contributed by atoms with Crippen molar-refractivity contribution in [3.63, 3.8) is 0 Å². The Kier molecular flexibility index (Phi) is 9.64. The number of esters is 1. The molecule has 0 spiro atoms. The Bertz CT molecular complexity index is 541. The molecule has 0 aliphatic rings. The highest BCUT2D eigenvalue weighted by Crippen LogP contribution is 2.19. The lowest BCUT2D eigenvalue weighted by atomic mass is 10.4. The molecule has 0 aliphatic carbocycles. The number of benzene rings is 1. The molecule has 0 aliphatic heterocycles. The molecular weight excluding hydrogens is 330 g/mol. The molecule has 0 aromatic heterocycles. The predicted octanol–water partition coefficient (Wildman–Crippen LogP) is 2.89. The second kappa shape index (κ2) is 11.5. The minimum Gasteiger partial charge on any atom is -0.460 e. The molecular formula is C17H25NO5S. The van der Waals surface area contributed by atoms with Crippen molar-refractivity contribution in [1.82, 2.24) is 5.32 Å². The quantitative estimate of drug-likeness (QED) is 0.301. The Morgan fingerprint density at radius 2 is 2.04 bits per heavy atom. The lowest BCUT2D eigenvalue weighted by molar-refractivity contribution is -0.138. The van der Waals surface area contributed by atoms with E-state index in [2.05, 4.69) is 11.9 Å². The van der Waals surface area contributed by atoms with Crippen LogP contribution in [0.5, 0.6) is 0 Å². The van der Waals surface area contributed by atoms with Crippen molar-refractivity contribution in [3.05, 3.63) is 42.5 Å². The number of thioether (sulfide) groups is 1. The molecule has 0 saturated carbocycles. The number of methoxy groups -OCH3 is 1. The Hall–Kier alpha value is -1.99. The van der Waals surface area contributed by atoms with Gasteiger partial charge in [0.2, 0.25) is 0 Å². The van der Waals surface area contributed by atoms with Crippen LogP contribution >= 0.6 is 11.8 Å². The van der Waals surface area contributed by atoms with E-state index in [1.54, 1.807) is 25.8 Å². The third-order valence-electron chi connectivity index (χ3n) is 2.76. The van der Waals surface area contributed by atoms with Gasteiger partial charge in [-0.25, -0.2) is 9.59 Å². The van der Waals surface area contributed by atoms with E-state index in [0.29, 0.717) is 17.9 Å². The largest absolute Gasteiger partial charge is 0.460 e. The van der Waals surface area contributed by atoms with Crippen LogP contribution in [0.15, 0.2) is 47.4 Å². The summed E-state index contributed by atoms with van der Waals surface area (Å²) in [4.78, 5) is 24.0. The van der Waals surface area contributed by atoms with Gasteiger partial charge in [-0.1, -0.05) is 24.8 Å². The van der Waals surface area contributed by atoms with Crippen molar-refractivity contribution in [3.8, 4) is 0 Å². The van der Waals surface area contributed by atoms with Crippen LogP contribution in [-0.2, 0) is 19.0 Å². The number of carbonyl (C=O) groups excluding carboxylic acids is 2. The number of nitrogens with one attached hydrogen (secondary N) is 1. The average Bonchev–Trinajstić information content (AvgIpc) is 2.57. The first-order valence-corrected chi connectivity index (χ1v) is 8.45. The first kappa shape index (κ1) is 20.1. The van der Waals surface area contributed by atoms with Gasteiger partial charge in [0, 0.05) is 24.8 Å². The molecule has 1 rings (SSSR count). The molecule has 1 amide bonds. The number of carbonyl (C=O) groups is 2. The van der Waals surface area contributed by atoms with Crippen molar-refractivity contribution in [2.24, 2.45) is 0 Å². The van der Waals surface area contributed by atoms with Crippen LogP contribution in [0.25, 0.3) is 0 Å². The van der Waals surface area contributed by atoms with E-state index >= 15 is 0 Å². The molecule has 6 nitrogen and oxygen atoms in total. The third-order valence-corrected chi connectivity index (χ3v) is 3.90. The van der Waals surface area contributed by atoms with Gasteiger partial charge in [0.25, 0.3) is 0 Å². The molecule has 0 bridgehead atoms. The van der Waals surface area contributed by atoms with Crippen LogP contribution < -0.4 is 5.32 Å². The predicted molar refractivity (Wildman–Crippen MR) is 95.2 cm³/mol. The van der Waals surface area contributed by atoms with Crippen molar-refractivity contribution in [2.45, 2.75) is 17.9 Å². The molecule has 1 N–H and O–H groups in total.